The van der Waals surface area contributed by atoms with E-state index in [1.54, 1.807) is 6.08 Å². The highest BCUT2D eigenvalue weighted by Crippen LogP contribution is 2.43. The van der Waals surface area contributed by atoms with E-state index in [1.807, 2.05) is 27.2 Å². The predicted molar refractivity (Wildman–Crippen MR) is 285 cm³/mol. The second kappa shape index (κ2) is 47.2. The number of phosphoric acid groups is 1. The van der Waals surface area contributed by atoms with Gasteiger partial charge >= 0.3 is 7.82 Å². The minimum absolute atomic E-state index is 0.0480. The van der Waals surface area contributed by atoms with E-state index in [0.29, 0.717) is 17.4 Å². The lowest BCUT2D eigenvalue weighted by Gasteiger charge is -2.25. The van der Waals surface area contributed by atoms with E-state index in [-0.39, 0.29) is 19.1 Å². The van der Waals surface area contributed by atoms with Crippen LogP contribution >= 0.6 is 7.82 Å². The van der Waals surface area contributed by atoms with Crippen molar-refractivity contribution >= 4 is 13.7 Å². The van der Waals surface area contributed by atoms with Gasteiger partial charge in [0.2, 0.25) is 5.91 Å². The fraction of sp³-hybridized carbons (Fsp3) is 0.667. The maximum absolute atomic E-state index is 12.9. The lowest BCUT2D eigenvalue weighted by atomic mass is 10.0. The number of likely N-dealkylation sites (N-methyl/N-ethyl adjacent to an activating group) is 1. The molecule has 0 aliphatic heterocycles. The number of quaternary nitrogens is 1. The number of nitrogens with zero attached hydrogens (tertiary/aromatic N) is 1. The molecular weight excluding hydrogens is 840 g/mol. The molecule has 0 spiro atoms. The third-order valence-corrected chi connectivity index (χ3v) is 11.9. The van der Waals surface area contributed by atoms with Crippen LogP contribution in [0.5, 0.6) is 0 Å². The standard InChI is InChI=1S/C57H99N2O6P/c1-6-8-10-12-14-16-18-20-21-22-23-24-25-26-27-28-29-30-31-32-33-34-35-36-37-39-41-43-45-47-49-51-57(61)58-55(54-65-66(62,63)64-53-52-59(3,4)5)56(60)50-48-46-44-42-40-38-19-17-15-13-11-9-7-2/h8,10,14-17,20-21,23-24,26-27,29-30,40,42,48,50,55-56,60H,6-7,9,11-13,18-19,22,25,28,31-39,41,43-47,49,51-54H2,1-5H3,(H-,58,61,62,63)/p+1/b10-8-,16-14-,17-15+,21-20-,24-23-,27-26-,30-29-,42-40+,50-48+. The van der Waals surface area contributed by atoms with Crippen molar-refractivity contribution < 1.29 is 32.9 Å². The van der Waals surface area contributed by atoms with Crippen molar-refractivity contribution in [3.8, 4) is 0 Å². The first kappa shape index (κ1) is 63.2. The maximum atomic E-state index is 12.9. The minimum Gasteiger partial charge on any atom is -0.387 e. The Morgan fingerprint density at radius 3 is 1.39 bits per heavy atom. The smallest absolute Gasteiger partial charge is 0.387 e. The minimum atomic E-state index is -4.36. The molecule has 3 N–H and O–H groups in total. The number of hydrogen-bond donors (Lipinski definition) is 3. The van der Waals surface area contributed by atoms with Crippen LogP contribution in [0.15, 0.2) is 109 Å². The Labute approximate surface area is 406 Å². The van der Waals surface area contributed by atoms with Gasteiger partial charge in [0.05, 0.1) is 39.9 Å². The molecule has 0 rings (SSSR count). The number of aliphatic hydroxyl groups is 1. The summed E-state index contributed by atoms with van der Waals surface area (Å²) in [4.78, 5) is 23.2. The molecule has 8 nitrogen and oxygen atoms in total. The molecule has 0 heterocycles. The van der Waals surface area contributed by atoms with Gasteiger partial charge < -0.3 is 19.8 Å². The van der Waals surface area contributed by atoms with Crippen LogP contribution < -0.4 is 5.32 Å². The molecule has 378 valence electrons. The average molecular weight is 940 g/mol. The summed E-state index contributed by atoms with van der Waals surface area (Å²) in [5.74, 6) is -0.200. The van der Waals surface area contributed by atoms with Gasteiger partial charge in [0.15, 0.2) is 0 Å². The summed E-state index contributed by atoms with van der Waals surface area (Å²) in [7, 11) is 1.53. The number of amides is 1. The van der Waals surface area contributed by atoms with Crippen LogP contribution in [0.1, 0.15) is 194 Å². The maximum Gasteiger partial charge on any atom is 0.472 e. The van der Waals surface area contributed by atoms with Crippen LogP contribution in [0.2, 0.25) is 0 Å². The molecule has 0 aromatic rings. The number of unbranched alkanes of at least 4 members (excludes halogenated alkanes) is 17. The van der Waals surface area contributed by atoms with Crippen molar-refractivity contribution in [2.24, 2.45) is 0 Å². The highest BCUT2D eigenvalue weighted by Gasteiger charge is 2.27. The number of nitrogens with one attached hydrogen (secondary N) is 1. The summed E-state index contributed by atoms with van der Waals surface area (Å²) in [6.07, 6.45) is 69.0. The third kappa shape index (κ3) is 49.1. The number of hydrogen-bond acceptors (Lipinski definition) is 5. The van der Waals surface area contributed by atoms with E-state index in [2.05, 4.69) is 116 Å². The zero-order valence-electron chi connectivity index (χ0n) is 42.9. The van der Waals surface area contributed by atoms with Crippen molar-refractivity contribution in [2.75, 3.05) is 40.9 Å². The molecule has 0 saturated heterocycles. The molecular formula is C57H100N2O6P+. The summed E-state index contributed by atoms with van der Waals surface area (Å²) in [6, 6.07) is -0.876. The van der Waals surface area contributed by atoms with Gasteiger partial charge in [-0.05, 0) is 96.3 Å². The number of carbonyl (C=O) groups excluding carboxylic acids is 1. The molecule has 0 radical (unpaired) electrons. The molecule has 0 aromatic carbocycles. The zero-order valence-corrected chi connectivity index (χ0v) is 43.8. The molecule has 0 aromatic heterocycles. The number of allylic oxidation sites excluding steroid dienone is 17. The van der Waals surface area contributed by atoms with Crippen molar-refractivity contribution in [3.05, 3.63) is 109 Å². The molecule has 0 bridgehead atoms. The molecule has 3 atom stereocenters. The Balaban J connectivity index is 4.20. The van der Waals surface area contributed by atoms with Gasteiger partial charge in [0.1, 0.15) is 13.2 Å². The molecule has 0 saturated carbocycles. The van der Waals surface area contributed by atoms with Gasteiger partial charge in [-0.3, -0.25) is 13.8 Å². The van der Waals surface area contributed by atoms with Gasteiger partial charge in [-0.15, -0.1) is 0 Å². The topological polar surface area (TPSA) is 105 Å². The Bertz CT molecular complexity index is 1440. The largest absolute Gasteiger partial charge is 0.472 e. The van der Waals surface area contributed by atoms with Crippen LogP contribution in [-0.2, 0) is 18.4 Å². The van der Waals surface area contributed by atoms with Crippen molar-refractivity contribution in [3.63, 3.8) is 0 Å². The van der Waals surface area contributed by atoms with Gasteiger partial charge in [0.25, 0.3) is 0 Å². The van der Waals surface area contributed by atoms with Crippen LogP contribution in [0.25, 0.3) is 0 Å². The van der Waals surface area contributed by atoms with Gasteiger partial charge in [-0.25, -0.2) is 4.57 Å². The van der Waals surface area contributed by atoms with E-state index in [0.717, 1.165) is 89.9 Å². The molecule has 66 heavy (non-hydrogen) atoms. The first-order valence-electron chi connectivity index (χ1n) is 26.3. The summed E-state index contributed by atoms with van der Waals surface area (Å²) in [6.45, 7) is 4.62. The second-order valence-corrected chi connectivity index (χ2v) is 19.9. The highest BCUT2D eigenvalue weighted by atomic mass is 31.2. The fourth-order valence-electron chi connectivity index (χ4n) is 6.84. The van der Waals surface area contributed by atoms with E-state index >= 15 is 0 Å². The number of rotatable bonds is 46. The highest BCUT2D eigenvalue weighted by molar-refractivity contribution is 7.47. The molecule has 0 aliphatic carbocycles. The SMILES string of the molecule is CC/C=C\C/C=C\C/C=C\C/C=C\C/C=C\C/C=C\CCCCCCCCCCCCCCC(=O)NC(COP(=O)(O)OCC[N+](C)(C)C)C(O)/C=C/CC/C=C/CC/C=C/CCCCC. The van der Waals surface area contributed by atoms with Crippen molar-refractivity contribution in [2.45, 2.75) is 206 Å². The monoisotopic (exact) mass is 940 g/mol. The lowest BCUT2D eigenvalue weighted by Crippen LogP contribution is -2.45. The molecule has 3 unspecified atom stereocenters. The summed E-state index contributed by atoms with van der Waals surface area (Å²) in [5.41, 5.74) is 0. The van der Waals surface area contributed by atoms with Crippen LogP contribution in [0, 0.1) is 0 Å². The number of phosphoric ester groups is 1. The normalized spacial score (nSPS) is 15.0. The molecule has 9 heteroatoms. The van der Waals surface area contributed by atoms with Crippen LogP contribution in [0.3, 0.4) is 0 Å². The summed E-state index contributed by atoms with van der Waals surface area (Å²) >= 11 is 0. The Morgan fingerprint density at radius 2 is 0.924 bits per heavy atom. The molecule has 0 fully saturated rings. The van der Waals surface area contributed by atoms with Gasteiger partial charge in [-0.2, -0.15) is 0 Å². The van der Waals surface area contributed by atoms with Gasteiger partial charge in [0, 0.05) is 6.42 Å². The van der Waals surface area contributed by atoms with Crippen LogP contribution in [0.4, 0.5) is 0 Å². The predicted octanol–water partition coefficient (Wildman–Crippen LogP) is 15.6. The van der Waals surface area contributed by atoms with Crippen molar-refractivity contribution in [1.82, 2.24) is 5.32 Å². The number of aliphatic hydroxyl groups excluding tert-OH is 1. The van der Waals surface area contributed by atoms with Gasteiger partial charge in [-0.1, -0.05) is 200 Å². The summed E-state index contributed by atoms with van der Waals surface area (Å²) in [5, 5.41) is 13.8. The molecule has 1 amide bonds. The van der Waals surface area contributed by atoms with Crippen molar-refractivity contribution in [1.29, 1.82) is 0 Å². The fourth-order valence-corrected chi connectivity index (χ4v) is 7.58. The molecule has 0 aliphatic rings. The average Bonchev–Trinajstić information content (AvgIpc) is 3.28. The van der Waals surface area contributed by atoms with E-state index < -0.39 is 20.0 Å². The zero-order chi connectivity index (χ0) is 48.5. The Kier molecular flexibility index (Phi) is 45.2. The van der Waals surface area contributed by atoms with E-state index in [1.165, 1.54) is 83.5 Å². The summed E-state index contributed by atoms with van der Waals surface area (Å²) < 4.78 is 23.6. The lowest BCUT2D eigenvalue weighted by molar-refractivity contribution is -0.870. The number of carbonyl (C=O) groups is 1. The third-order valence-electron chi connectivity index (χ3n) is 11.0. The first-order valence-corrected chi connectivity index (χ1v) is 27.8. The Hall–Kier alpha value is -2.84. The van der Waals surface area contributed by atoms with E-state index in [4.69, 9.17) is 9.05 Å². The quantitative estimate of drug-likeness (QED) is 0.0243. The first-order chi connectivity index (χ1) is 32.0. The Morgan fingerprint density at radius 1 is 0.530 bits per heavy atom. The van der Waals surface area contributed by atoms with E-state index in [9.17, 15) is 19.4 Å². The second-order valence-electron chi connectivity index (χ2n) is 18.5. The van der Waals surface area contributed by atoms with Crippen LogP contribution in [-0.4, -0.2) is 73.4 Å².